The third kappa shape index (κ3) is 10.1. The minimum absolute atomic E-state index is 0.274. The maximum absolute atomic E-state index is 6.74. The Kier molecular flexibility index (Phi) is 11.3. The first kappa shape index (κ1) is 29.6. The van der Waals surface area contributed by atoms with Crippen LogP contribution in [0.1, 0.15) is 39.5 Å². The standard InChI is InChI=1S/C24H52O6Si3/c1-9-23(19-27-20-23)17-25-13-11-15-31(3,4)29-33(7,8)30-32(5,6)16-12-14-26-18-24(10-2)21-28-22-24/h9-22H2,1-8H3. The van der Waals surface area contributed by atoms with Gasteiger partial charge in [0, 0.05) is 24.0 Å². The number of rotatable bonds is 18. The highest BCUT2D eigenvalue weighted by Gasteiger charge is 2.40. The van der Waals surface area contributed by atoms with Crippen molar-refractivity contribution >= 4 is 25.2 Å². The van der Waals surface area contributed by atoms with Crippen LogP contribution in [-0.4, -0.2) is 78.1 Å². The normalized spacial score (nSPS) is 20.4. The van der Waals surface area contributed by atoms with Crippen molar-refractivity contribution in [1.29, 1.82) is 0 Å². The van der Waals surface area contributed by atoms with Crippen LogP contribution in [0, 0.1) is 10.8 Å². The molecular formula is C24H52O6Si3. The smallest absolute Gasteiger partial charge is 0.311 e. The molecule has 196 valence electrons. The quantitative estimate of drug-likeness (QED) is 0.168. The van der Waals surface area contributed by atoms with Gasteiger partial charge in [0.1, 0.15) is 0 Å². The largest absolute Gasteiger partial charge is 0.437 e. The van der Waals surface area contributed by atoms with E-state index in [1.165, 1.54) is 0 Å². The van der Waals surface area contributed by atoms with E-state index >= 15 is 0 Å². The van der Waals surface area contributed by atoms with Gasteiger partial charge in [-0.2, -0.15) is 0 Å². The van der Waals surface area contributed by atoms with E-state index in [9.17, 15) is 0 Å². The molecule has 0 aromatic heterocycles. The van der Waals surface area contributed by atoms with Gasteiger partial charge < -0.3 is 27.2 Å². The van der Waals surface area contributed by atoms with E-state index in [-0.39, 0.29) is 10.8 Å². The summed E-state index contributed by atoms with van der Waals surface area (Å²) in [6.07, 6.45) is 4.39. The summed E-state index contributed by atoms with van der Waals surface area (Å²) in [6, 6.07) is 2.22. The van der Waals surface area contributed by atoms with E-state index in [0.29, 0.717) is 0 Å². The Morgan fingerprint density at radius 3 is 1.27 bits per heavy atom. The molecular weight excluding hydrogens is 469 g/mol. The predicted molar refractivity (Wildman–Crippen MR) is 142 cm³/mol. The lowest BCUT2D eigenvalue weighted by atomic mass is 9.84. The Balaban J connectivity index is 1.62. The fraction of sp³-hybridized carbons (Fsp3) is 1.00. The van der Waals surface area contributed by atoms with Crippen LogP contribution in [0.4, 0.5) is 0 Å². The van der Waals surface area contributed by atoms with Crippen LogP contribution >= 0.6 is 0 Å². The van der Waals surface area contributed by atoms with Gasteiger partial charge in [0.05, 0.1) is 39.6 Å². The minimum Gasteiger partial charge on any atom is -0.437 e. The van der Waals surface area contributed by atoms with E-state index in [4.69, 9.17) is 27.2 Å². The summed E-state index contributed by atoms with van der Waals surface area (Å²) in [5, 5.41) is 0. The van der Waals surface area contributed by atoms with Crippen LogP contribution in [0.3, 0.4) is 0 Å². The first-order valence-electron chi connectivity index (χ1n) is 13.1. The molecule has 2 fully saturated rings. The van der Waals surface area contributed by atoms with Crippen molar-refractivity contribution in [2.24, 2.45) is 10.8 Å². The number of hydrogen-bond acceptors (Lipinski definition) is 6. The summed E-state index contributed by atoms with van der Waals surface area (Å²) < 4.78 is 36.2. The first-order chi connectivity index (χ1) is 15.4. The molecule has 2 heterocycles. The number of ether oxygens (including phenoxy) is 4. The molecule has 9 heteroatoms. The molecule has 2 rings (SSSR count). The maximum Gasteiger partial charge on any atom is 0.311 e. The van der Waals surface area contributed by atoms with Crippen LogP contribution in [0.25, 0.3) is 0 Å². The van der Waals surface area contributed by atoms with Gasteiger partial charge in [0.25, 0.3) is 0 Å². The molecule has 0 aromatic carbocycles. The topological polar surface area (TPSA) is 55.4 Å². The van der Waals surface area contributed by atoms with Crippen LogP contribution in [0.2, 0.25) is 51.4 Å². The van der Waals surface area contributed by atoms with Crippen molar-refractivity contribution in [1.82, 2.24) is 0 Å². The Hall–Kier alpha value is 0.411. The molecule has 0 atom stereocenters. The lowest BCUT2D eigenvalue weighted by Gasteiger charge is -2.40. The molecule has 0 N–H and O–H groups in total. The Bertz CT molecular complexity index is 518. The summed E-state index contributed by atoms with van der Waals surface area (Å²) in [7, 11) is -5.74. The van der Waals surface area contributed by atoms with E-state index < -0.39 is 25.2 Å². The van der Waals surface area contributed by atoms with Crippen LogP contribution < -0.4 is 0 Å². The second-order valence-electron chi connectivity index (χ2n) is 12.1. The highest BCUT2D eigenvalue weighted by molar-refractivity contribution is 6.87. The molecule has 0 unspecified atom stereocenters. The van der Waals surface area contributed by atoms with Gasteiger partial charge in [-0.05, 0) is 77.1 Å². The highest BCUT2D eigenvalue weighted by atomic mass is 28.5. The van der Waals surface area contributed by atoms with Crippen molar-refractivity contribution in [2.75, 3.05) is 52.9 Å². The van der Waals surface area contributed by atoms with Crippen LogP contribution in [0.5, 0.6) is 0 Å². The first-order valence-corrected chi connectivity index (χ1v) is 22.1. The van der Waals surface area contributed by atoms with Gasteiger partial charge in [0.15, 0.2) is 16.6 Å². The zero-order chi connectivity index (χ0) is 24.6. The highest BCUT2D eigenvalue weighted by Crippen LogP contribution is 2.32. The van der Waals surface area contributed by atoms with E-state index in [1.54, 1.807) is 0 Å². The minimum atomic E-state index is -2.17. The predicted octanol–water partition coefficient (Wildman–Crippen LogP) is 5.80. The molecule has 0 bridgehead atoms. The van der Waals surface area contributed by atoms with Gasteiger partial charge in [-0.15, -0.1) is 0 Å². The van der Waals surface area contributed by atoms with Crippen molar-refractivity contribution < 1.29 is 27.2 Å². The van der Waals surface area contributed by atoms with E-state index in [2.05, 4.69) is 53.1 Å². The monoisotopic (exact) mass is 520 g/mol. The van der Waals surface area contributed by atoms with Gasteiger partial charge >= 0.3 is 8.56 Å². The molecule has 6 nitrogen and oxygen atoms in total. The molecule has 2 saturated heterocycles. The second-order valence-corrected chi connectivity index (χ2v) is 24.6. The van der Waals surface area contributed by atoms with Crippen molar-refractivity contribution in [3.8, 4) is 0 Å². The van der Waals surface area contributed by atoms with E-state index in [1.807, 2.05) is 0 Å². The zero-order valence-electron chi connectivity index (χ0n) is 22.8. The Labute approximate surface area is 206 Å². The summed E-state index contributed by atoms with van der Waals surface area (Å²) in [6.45, 7) is 24.9. The molecule has 33 heavy (non-hydrogen) atoms. The Morgan fingerprint density at radius 1 is 0.636 bits per heavy atom. The average Bonchev–Trinajstić information content (AvgIpc) is 2.63. The van der Waals surface area contributed by atoms with Gasteiger partial charge in [-0.3, -0.25) is 0 Å². The zero-order valence-corrected chi connectivity index (χ0v) is 25.8. The van der Waals surface area contributed by atoms with E-state index in [0.717, 1.165) is 90.6 Å². The summed E-state index contributed by atoms with van der Waals surface area (Å²) in [5.41, 5.74) is 0.549. The third-order valence-electron chi connectivity index (χ3n) is 7.13. The number of hydrogen-bond donors (Lipinski definition) is 0. The molecule has 0 saturated carbocycles. The van der Waals surface area contributed by atoms with Crippen molar-refractivity contribution in [3.05, 3.63) is 0 Å². The molecule has 0 amide bonds. The van der Waals surface area contributed by atoms with Crippen molar-refractivity contribution in [3.63, 3.8) is 0 Å². The Morgan fingerprint density at radius 2 is 1.00 bits per heavy atom. The van der Waals surface area contributed by atoms with Crippen molar-refractivity contribution in [2.45, 2.75) is 90.9 Å². The molecule has 0 aliphatic carbocycles. The second kappa shape index (κ2) is 12.6. The molecule has 0 radical (unpaired) electrons. The molecule has 0 aromatic rings. The van der Waals surface area contributed by atoms with Crippen LogP contribution in [-0.2, 0) is 27.2 Å². The van der Waals surface area contributed by atoms with Gasteiger partial charge in [-0.1, -0.05) is 13.8 Å². The fourth-order valence-corrected chi connectivity index (χ4v) is 18.8. The lowest BCUT2D eigenvalue weighted by Crippen LogP contribution is -2.52. The maximum atomic E-state index is 6.74. The lowest BCUT2D eigenvalue weighted by molar-refractivity contribution is -0.150. The summed E-state index contributed by atoms with van der Waals surface area (Å²) in [5.74, 6) is 0. The van der Waals surface area contributed by atoms with Gasteiger partial charge in [-0.25, -0.2) is 0 Å². The average molecular weight is 521 g/mol. The summed E-state index contributed by atoms with van der Waals surface area (Å²) >= 11 is 0. The summed E-state index contributed by atoms with van der Waals surface area (Å²) in [4.78, 5) is 0. The molecule has 0 spiro atoms. The third-order valence-corrected chi connectivity index (χ3v) is 18.6. The van der Waals surface area contributed by atoms with Crippen LogP contribution in [0.15, 0.2) is 0 Å². The molecule has 2 aliphatic rings. The fourth-order valence-electron chi connectivity index (χ4n) is 4.79. The van der Waals surface area contributed by atoms with Gasteiger partial charge in [0.2, 0.25) is 0 Å². The molecule has 2 aliphatic heterocycles. The SMILES string of the molecule is CCC1(COCCC[Si](C)(C)O[Si](C)(C)O[Si](C)(C)CCCOCC2(CC)COC2)COC1.